The summed E-state index contributed by atoms with van der Waals surface area (Å²) in [4.78, 5) is 32.9. The van der Waals surface area contributed by atoms with Crippen LogP contribution in [0.4, 0.5) is 13.2 Å². The Bertz CT molecular complexity index is 1480. The van der Waals surface area contributed by atoms with E-state index in [1.54, 1.807) is 29.2 Å². The van der Waals surface area contributed by atoms with Crippen molar-refractivity contribution in [2.75, 3.05) is 13.1 Å². The molecular formula is C33H30F3N3O2. The molecule has 5 rings (SSSR count). The van der Waals surface area contributed by atoms with Crippen LogP contribution in [0.15, 0.2) is 103 Å². The molecule has 2 heterocycles. The summed E-state index contributed by atoms with van der Waals surface area (Å²) in [6.45, 7) is 2.78. The number of alkyl halides is 3. The van der Waals surface area contributed by atoms with Crippen LogP contribution in [0.2, 0.25) is 0 Å². The van der Waals surface area contributed by atoms with E-state index in [4.69, 9.17) is 0 Å². The van der Waals surface area contributed by atoms with E-state index in [-0.39, 0.29) is 17.9 Å². The van der Waals surface area contributed by atoms with Gasteiger partial charge in [-0.25, -0.2) is 0 Å². The molecule has 1 aliphatic rings. The largest absolute Gasteiger partial charge is 0.417 e. The summed E-state index contributed by atoms with van der Waals surface area (Å²) in [6.07, 6.45) is -2.69. The summed E-state index contributed by atoms with van der Waals surface area (Å²) >= 11 is 0. The summed E-state index contributed by atoms with van der Waals surface area (Å²) in [5.41, 5.74) is 1.84. The van der Waals surface area contributed by atoms with E-state index in [0.29, 0.717) is 42.8 Å². The minimum absolute atomic E-state index is 0.0550. The van der Waals surface area contributed by atoms with Gasteiger partial charge in [0.2, 0.25) is 5.91 Å². The number of halogens is 3. The lowest BCUT2D eigenvalue weighted by Crippen LogP contribution is -2.53. The zero-order chi connectivity index (χ0) is 29.0. The van der Waals surface area contributed by atoms with Gasteiger partial charge in [0.05, 0.1) is 22.7 Å². The van der Waals surface area contributed by atoms with Crippen LogP contribution < -0.4 is 5.32 Å². The van der Waals surface area contributed by atoms with E-state index in [1.807, 2.05) is 67.6 Å². The number of aromatic nitrogens is 1. The van der Waals surface area contributed by atoms with Crippen LogP contribution in [0.3, 0.4) is 0 Å². The Balaban J connectivity index is 1.29. The number of amides is 2. The number of piperidine rings is 1. The van der Waals surface area contributed by atoms with E-state index in [0.717, 1.165) is 23.4 Å². The zero-order valence-corrected chi connectivity index (χ0v) is 22.6. The molecule has 1 N–H and O–H groups in total. The van der Waals surface area contributed by atoms with Crippen molar-refractivity contribution in [3.05, 3.63) is 126 Å². The molecule has 8 heteroatoms. The molecule has 0 aliphatic carbocycles. The second-order valence-corrected chi connectivity index (χ2v) is 10.4. The third-order valence-corrected chi connectivity index (χ3v) is 7.83. The van der Waals surface area contributed by atoms with Gasteiger partial charge in [-0.3, -0.25) is 14.6 Å². The number of carbonyl (C=O) groups excluding carboxylic acids is 2. The molecule has 5 nitrogen and oxygen atoms in total. The normalized spacial score (nSPS) is 15.7. The van der Waals surface area contributed by atoms with Crippen LogP contribution >= 0.6 is 0 Å². The topological polar surface area (TPSA) is 62.3 Å². The van der Waals surface area contributed by atoms with Gasteiger partial charge in [-0.15, -0.1) is 0 Å². The van der Waals surface area contributed by atoms with Crippen molar-refractivity contribution >= 4 is 11.8 Å². The molecular weight excluding hydrogens is 527 g/mol. The van der Waals surface area contributed by atoms with Crippen molar-refractivity contribution in [1.82, 2.24) is 15.2 Å². The van der Waals surface area contributed by atoms with Gasteiger partial charge in [-0.05, 0) is 55.2 Å². The van der Waals surface area contributed by atoms with Crippen LogP contribution in [0.5, 0.6) is 0 Å². The number of likely N-dealkylation sites (tertiary alicyclic amines) is 1. The molecule has 1 fully saturated rings. The molecule has 0 saturated carbocycles. The van der Waals surface area contributed by atoms with Crippen molar-refractivity contribution < 1.29 is 22.8 Å². The Kier molecular flexibility index (Phi) is 7.92. The van der Waals surface area contributed by atoms with Crippen molar-refractivity contribution in [3.8, 4) is 11.3 Å². The molecule has 210 valence electrons. The Morgan fingerprint density at radius 2 is 1.46 bits per heavy atom. The van der Waals surface area contributed by atoms with Crippen molar-refractivity contribution in [3.63, 3.8) is 0 Å². The first kappa shape index (κ1) is 28.1. The van der Waals surface area contributed by atoms with Gasteiger partial charge in [-0.1, -0.05) is 72.8 Å². The van der Waals surface area contributed by atoms with E-state index in [2.05, 4.69) is 10.3 Å². The highest BCUT2D eigenvalue weighted by molar-refractivity contribution is 5.95. The van der Waals surface area contributed by atoms with Gasteiger partial charge in [0, 0.05) is 30.4 Å². The summed E-state index contributed by atoms with van der Waals surface area (Å²) < 4.78 is 38.6. The van der Waals surface area contributed by atoms with E-state index < -0.39 is 17.2 Å². The summed E-state index contributed by atoms with van der Waals surface area (Å²) in [5, 5.41) is 3.20. The maximum Gasteiger partial charge on any atom is 0.417 e. The highest BCUT2D eigenvalue weighted by atomic mass is 19.4. The molecule has 3 aromatic carbocycles. The first-order valence-electron chi connectivity index (χ1n) is 13.5. The van der Waals surface area contributed by atoms with Crippen LogP contribution in [0, 0.1) is 0 Å². The number of hydrogen-bond donors (Lipinski definition) is 1. The lowest BCUT2D eigenvalue weighted by atomic mass is 9.71. The highest BCUT2D eigenvalue weighted by Gasteiger charge is 2.44. The number of hydrogen-bond acceptors (Lipinski definition) is 3. The lowest BCUT2D eigenvalue weighted by Gasteiger charge is -2.41. The lowest BCUT2D eigenvalue weighted by molar-refractivity contribution is -0.137. The molecule has 1 atom stereocenters. The van der Waals surface area contributed by atoms with Gasteiger partial charge >= 0.3 is 6.18 Å². The maximum atomic E-state index is 13.8. The first-order valence-corrected chi connectivity index (χ1v) is 13.5. The van der Waals surface area contributed by atoms with Crippen LogP contribution in [-0.2, 0) is 16.4 Å². The molecule has 0 radical (unpaired) electrons. The second kappa shape index (κ2) is 11.6. The summed E-state index contributed by atoms with van der Waals surface area (Å²) in [6, 6.07) is 28.3. The van der Waals surface area contributed by atoms with Crippen molar-refractivity contribution in [2.24, 2.45) is 0 Å². The fourth-order valence-corrected chi connectivity index (χ4v) is 5.35. The zero-order valence-electron chi connectivity index (χ0n) is 22.6. The molecule has 4 aromatic rings. The summed E-state index contributed by atoms with van der Waals surface area (Å²) in [7, 11) is 0. The molecule has 1 saturated heterocycles. The SMILES string of the molecule is C[C@H](NC(=O)C1(c2ccccc2)CCN(C(=O)c2ccc(-c3ccc(C(F)(F)F)cn3)cc2)CC1)c1ccccc1. The third kappa shape index (κ3) is 6.01. The second-order valence-electron chi connectivity index (χ2n) is 10.4. The Morgan fingerprint density at radius 1 is 0.854 bits per heavy atom. The Labute approximate surface area is 237 Å². The van der Waals surface area contributed by atoms with E-state index in [9.17, 15) is 22.8 Å². The fourth-order valence-electron chi connectivity index (χ4n) is 5.35. The molecule has 41 heavy (non-hydrogen) atoms. The first-order chi connectivity index (χ1) is 19.7. The average Bonchev–Trinajstić information content (AvgIpc) is 3.01. The number of benzene rings is 3. The van der Waals surface area contributed by atoms with Crippen LogP contribution in [-0.4, -0.2) is 34.8 Å². The van der Waals surface area contributed by atoms with Crippen LogP contribution in [0.25, 0.3) is 11.3 Å². The van der Waals surface area contributed by atoms with Gasteiger partial charge in [-0.2, -0.15) is 13.2 Å². The number of nitrogens with one attached hydrogen (secondary N) is 1. The quantitative estimate of drug-likeness (QED) is 0.283. The predicted molar refractivity (Wildman–Crippen MR) is 151 cm³/mol. The Hall–Kier alpha value is -4.46. The van der Waals surface area contributed by atoms with E-state index in [1.165, 1.54) is 6.07 Å². The predicted octanol–water partition coefficient (Wildman–Crippen LogP) is 6.82. The van der Waals surface area contributed by atoms with Crippen molar-refractivity contribution in [2.45, 2.75) is 37.4 Å². The molecule has 0 bridgehead atoms. The number of nitrogens with zero attached hydrogens (tertiary/aromatic N) is 2. The molecule has 0 spiro atoms. The molecule has 1 aromatic heterocycles. The van der Waals surface area contributed by atoms with Gasteiger partial charge < -0.3 is 10.2 Å². The minimum atomic E-state index is -4.45. The smallest absolute Gasteiger partial charge is 0.349 e. The number of carbonyl (C=O) groups is 2. The number of rotatable bonds is 6. The van der Waals surface area contributed by atoms with Crippen molar-refractivity contribution in [1.29, 1.82) is 0 Å². The number of pyridine rings is 1. The minimum Gasteiger partial charge on any atom is -0.349 e. The summed E-state index contributed by atoms with van der Waals surface area (Å²) in [5.74, 6) is -0.211. The van der Waals surface area contributed by atoms with Gasteiger partial charge in [0.1, 0.15) is 0 Å². The fraction of sp³-hybridized carbons (Fsp3) is 0.242. The molecule has 2 amide bonds. The molecule has 0 unspecified atom stereocenters. The standard InChI is InChI=1S/C33H30F3N3O2/c1-23(24-8-4-2-5-9-24)38-31(41)32(27-10-6-3-7-11-27)18-20-39(21-19-32)30(40)26-14-12-25(13-15-26)29-17-16-28(22-37-29)33(34,35)36/h2-17,22-23H,18-21H2,1H3,(H,38,41)/t23-/m0/s1. The van der Waals surface area contributed by atoms with Gasteiger partial charge in [0.15, 0.2) is 0 Å². The van der Waals surface area contributed by atoms with Crippen LogP contribution in [0.1, 0.15) is 52.9 Å². The van der Waals surface area contributed by atoms with E-state index >= 15 is 0 Å². The Morgan fingerprint density at radius 3 is 2.02 bits per heavy atom. The van der Waals surface area contributed by atoms with Gasteiger partial charge in [0.25, 0.3) is 5.91 Å². The average molecular weight is 558 g/mol. The highest BCUT2D eigenvalue weighted by Crippen LogP contribution is 2.37. The monoisotopic (exact) mass is 557 g/mol. The molecule has 1 aliphatic heterocycles. The third-order valence-electron chi connectivity index (χ3n) is 7.83. The maximum absolute atomic E-state index is 13.8.